The number of aryl methyl sites for hydroxylation is 1. The van der Waals surface area contributed by atoms with Gasteiger partial charge in [-0.05, 0) is 19.1 Å². The van der Waals surface area contributed by atoms with Gasteiger partial charge in [0.15, 0.2) is 17.3 Å². The van der Waals surface area contributed by atoms with Gasteiger partial charge in [0.25, 0.3) is 0 Å². The van der Waals surface area contributed by atoms with Gasteiger partial charge >= 0.3 is 0 Å². The Kier molecular flexibility index (Phi) is 3.29. The molecule has 3 aromatic heterocycles. The monoisotopic (exact) mass is 313 g/mol. The van der Waals surface area contributed by atoms with Gasteiger partial charge in [-0.2, -0.15) is 0 Å². The highest BCUT2D eigenvalue weighted by molar-refractivity contribution is 5.52. The van der Waals surface area contributed by atoms with Gasteiger partial charge in [0.1, 0.15) is 18.5 Å². The van der Waals surface area contributed by atoms with Crippen LogP contribution in [0.2, 0.25) is 0 Å². The average Bonchev–Trinajstić information content (AvgIpc) is 3.06. The summed E-state index contributed by atoms with van der Waals surface area (Å²) in [6, 6.07) is 5.94. The van der Waals surface area contributed by atoms with E-state index in [1.165, 1.54) is 6.33 Å². The average molecular weight is 313 g/mol. The van der Waals surface area contributed by atoms with Gasteiger partial charge in [-0.25, -0.2) is 14.4 Å². The molecule has 0 aliphatic carbocycles. The molecule has 1 aliphatic rings. The van der Waals surface area contributed by atoms with Crippen molar-refractivity contribution in [2.45, 2.75) is 6.92 Å². The first-order valence-corrected chi connectivity index (χ1v) is 7.50. The zero-order chi connectivity index (χ0) is 15.8. The minimum absolute atomic E-state index is 0.332. The van der Waals surface area contributed by atoms with Crippen molar-refractivity contribution < 1.29 is 4.39 Å². The Morgan fingerprint density at radius 3 is 2.65 bits per heavy atom. The Morgan fingerprint density at radius 2 is 1.83 bits per heavy atom. The summed E-state index contributed by atoms with van der Waals surface area (Å²) in [6.45, 7) is 4.61. The van der Waals surface area contributed by atoms with Gasteiger partial charge in [0.05, 0.1) is 5.69 Å². The van der Waals surface area contributed by atoms with Crippen LogP contribution < -0.4 is 9.80 Å². The van der Waals surface area contributed by atoms with E-state index < -0.39 is 0 Å². The molecule has 0 radical (unpaired) electrons. The standard InChI is InChI=1S/C15H16FN7/c1-11-14(16)15(18-9-17-11)22-7-5-21(6-8-22)13-4-2-3-12-20-19-10-23(12)13/h2-4,9-10H,5-8H2,1H3. The van der Waals surface area contributed by atoms with Crippen molar-refractivity contribution in [1.82, 2.24) is 24.6 Å². The van der Waals surface area contributed by atoms with E-state index in [0.717, 1.165) is 24.6 Å². The molecule has 23 heavy (non-hydrogen) atoms. The number of anilines is 2. The number of hydrogen-bond donors (Lipinski definition) is 0. The smallest absolute Gasteiger partial charge is 0.186 e. The lowest BCUT2D eigenvalue weighted by atomic mass is 10.2. The summed E-state index contributed by atoms with van der Waals surface area (Å²) in [5.74, 6) is 1.10. The van der Waals surface area contributed by atoms with Crippen molar-refractivity contribution in [3.63, 3.8) is 0 Å². The Labute approximate surface area is 132 Å². The molecular formula is C15H16FN7. The fourth-order valence-corrected chi connectivity index (χ4v) is 2.91. The summed E-state index contributed by atoms with van der Waals surface area (Å²) in [4.78, 5) is 12.2. The molecule has 3 aromatic rings. The molecular weight excluding hydrogens is 297 g/mol. The van der Waals surface area contributed by atoms with Gasteiger partial charge < -0.3 is 9.80 Å². The maximum atomic E-state index is 14.2. The van der Waals surface area contributed by atoms with Crippen molar-refractivity contribution >= 4 is 17.3 Å². The Hall–Kier alpha value is -2.77. The quantitative estimate of drug-likeness (QED) is 0.710. The largest absolute Gasteiger partial charge is 0.354 e. The SMILES string of the molecule is Cc1ncnc(N2CCN(c3cccc4nncn34)CC2)c1F. The number of piperazine rings is 1. The first-order valence-electron chi connectivity index (χ1n) is 7.50. The van der Waals surface area contributed by atoms with E-state index in [9.17, 15) is 4.39 Å². The molecule has 1 saturated heterocycles. The molecule has 4 rings (SSSR count). The minimum Gasteiger partial charge on any atom is -0.354 e. The second-order valence-corrected chi connectivity index (χ2v) is 5.51. The molecule has 1 aliphatic heterocycles. The van der Waals surface area contributed by atoms with E-state index in [1.807, 2.05) is 27.5 Å². The van der Waals surface area contributed by atoms with Gasteiger partial charge in [-0.3, -0.25) is 4.40 Å². The molecule has 1 fully saturated rings. The summed E-state index contributed by atoms with van der Waals surface area (Å²) in [5.41, 5.74) is 1.20. The molecule has 0 spiro atoms. The molecule has 4 heterocycles. The van der Waals surface area contributed by atoms with Crippen LogP contribution in [0.25, 0.3) is 5.65 Å². The molecule has 7 nitrogen and oxygen atoms in total. The molecule has 0 atom stereocenters. The molecule has 0 saturated carbocycles. The van der Waals surface area contributed by atoms with Crippen LogP contribution in [0.1, 0.15) is 5.69 Å². The molecule has 8 heteroatoms. The van der Waals surface area contributed by atoms with Crippen LogP contribution in [0, 0.1) is 12.7 Å². The normalized spacial score (nSPS) is 15.4. The Bertz CT molecular complexity index is 839. The number of fused-ring (bicyclic) bond motifs is 1. The van der Waals surface area contributed by atoms with Gasteiger partial charge in [0.2, 0.25) is 0 Å². The van der Waals surface area contributed by atoms with Crippen LogP contribution in [0.3, 0.4) is 0 Å². The van der Waals surface area contributed by atoms with E-state index in [2.05, 4.69) is 25.1 Å². The highest BCUT2D eigenvalue weighted by Gasteiger charge is 2.22. The number of aromatic nitrogens is 5. The molecule has 118 valence electrons. The van der Waals surface area contributed by atoms with Gasteiger partial charge in [-0.15, -0.1) is 10.2 Å². The van der Waals surface area contributed by atoms with E-state index in [4.69, 9.17) is 0 Å². The van der Waals surface area contributed by atoms with Crippen molar-refractivity contribution in [2.24, 2.45) is 0 Å². The lowest BCUT2D eigenvalue weighted by Gasteiger charge is -2.36. The Balaban J connectivity index is 1.55. The highest BCUT2D eigenvalue weighted by Crippen LogP contribution is 2.22. The van der Waals surface area contributed by atoms with Crippen LogP contribution in [-0.2, 0) is 0 Å². The van der Waals surface area contributed by atoms with E-state index in [1.54, 1.807) is 13.3 Å². The van der Waals surface area contributed by atoms with E-state index in [-0.39, 0.29) is 5.82 Å². The zero-order valence-electron chi connectivity index (χ0n) is 12.7. The maximum absolute atomic E-state index is 14.2. The van der Waals surface area contributed by atoms with Crippen molar-refractivity contribution in [3.8, 4) is 0 Å². The van der Waals surface area contributed by atoms with E-state index in [0.29, 0.717) is 24.6 Å². The van der Waals surface area contributed by atoms with Crippen LogP contribution in [-0.4, -0.2) is 50.7 Å². The highest BCUT2D eigenvalue weighted by atomic mass is 19.1. The number of pyridine rings is 1. The van der Waals surface area contributed by atoms with Crippen molar-refractivity contribution in [2.75, 3.05) is 36.0 Å². The van der Waals surface area contributed by atoms with E-state index >= 15 is 0 Å². The van der Waals surface area contributed by atoms with Crippen LogP contribution in [0.15, 0.2) is 30.9 Å². The third-order valence-corrected chi connectivity index (χ3v) is 4.16. The summed E-state index contributed by atoms with van der Waals surface area (Å²) >= 11 is 0. The van der Waals surface area contributed by atoms with Crippen molar-refractivity contribution in [1.29, 1.82) is 0 Å². The molecule has 0 N–H and O–H groups in total. The van der Waals surface area contributed by atoms with Crippen molar-refractivity contribution in [3.05, 3.63) is 42.4 Å². The van der Waals surface area contributed by atoms with Crippen LogP contribution >= 0.6 is 0 Å². The minimum atomic E-state index is -0.332. The second kappa shape index (κ2) is 5.45. The number of halogens is 1. The molecule has 0 amide bonds. The van der Waals surface area contributed by atoms with Crippen LogP contribution in [0.5, 0.6) is 0 Å². The molecule has 0 aromatic carbocycles. The van der Waals surface area contributed by atoms with Gasteiger partial charge in [0, 0.05) is 26.2 Å². The lowest BCUT2D eigenvalue weighted by molar-refractivity contribution is 0.573. The molecule has 0 bridgehead atoms. The number of rotatable bonds is 2. The zero-order valence-corrected chi connectivity index (χ0v) is 12.7. The topological polar surface area (TPSA) is 62.5 Å². The predicted molar refractivity (Wildman–Crippen MR) is 84.1 cm³/mol. The number of nitrogens with zero attached hydrogens (tertiary/aromatic N) is 7. The lowest BCUT2D eigenvalue weighted by Crippen LogP contribution is -2.47. The summed E-state index contributed by atoms with van der Waals surface area (Å²) in [5, 5.41) is 8.02. The fourth-order valence-electron chi connectivity index (χ4n) is 2.91. The summed E-state index contributed by atoms with van der Waals surface area (Å²) < 4.78 is 16.1. The number of hydrogen-bond acceptors (Lipinski definition) is 6. The second-order valence-electron chi connectivity index (χ2n) is 5.51. The van der Waals surface area contributed by atoms with Crippen LogP contribution in [0.4, 0.5) is 16.0 Å². The first-order chi connectivity index (χ1) is 11.2. The molecule has 0 unspecified atom stereocenters. The third kappa shape index (κ3) is 2.36. The van der Waals surface area contributed by atoms with Gasteiger partial charge in [-0.1, -0.05) is 6.07 Å². The first kappa shape index (κ1) is 13.9. The summed E-state index contributed by atoms with van der Waals surface area (Å²) in [6.07, 6.45) is 3.13. The maximum Gasteiger partial charge on any atom is 0.186 e. The third-order valence-electron chi connectivity index (χ3n) is 4.16. The summed E-state index contributed by atoms with van der Waals surface area (Å²) in [7, 11) is 0. The predicted octanol–water partition coefficient (Wildman–Crippen LogP) is 1.29. The Morgan fingerprint density at radius 1 is 1.04 bits per heavy atom. The fraction of sp³-hybridized carbons (Fsp3) is 0.333.